The molecule has 1 aromatic carbocycles. The molecule has 78 valence electrons. The zero-order chi connectivity index (χ0) is 10.8. The van der Waals surface area contributed by atoms with E-state index in [2.05, 4.69) is 27.8 Å². The van der Waals surface area contributed by atoms with E-state index in [1.807, 2.05) is 18.2 Å². The smallest absolute Gasteiger partial charge is 0.123 e. The fourth-order valence-electron chi connectivity index (χ4n) is 1.34. The quantitative estimate of drug-likeness (QED) is 0.917. The highest BCUT2D eigenvalue weighted by atomic mass is 79.9. The van der Waals surface area contributed by atoms with Gasteiger partial charge in [0.05, 0.1) is 11.5 Å². The van der Waals surface area contributed by atoms with Gasteiger partial charge < -0.3 is 5.11 Å². The predicted octanol–water partition coefficient (Wildman–Crippen LogP) is 3.37. The maximum Gasteiger partial charge on any atom is 0.123 e. The lowest BCUT2D eigenvalue weighted by Crippen LogP contribution is -1.82. The molecular weight excluding hydrogens is 274 g/mol. The number of benzene rings is 1. The van der Waals surface area contributed by atoms with Crippen molar-refractivity contribution < 1.29 is 5.11 Å². The van der Waals surface area contributed by atoms with E-state index in [-0.39, 0.29) is 6.61 Å². The molecule has 15 heavy (non-hydrogen) atoms. The van der Waals surface area contributed by atoms with Crippen LogP contribution in [0.25, 0.3) is 10.6 Å². The zero-order valence-corrected chi connectivity index (χ0v) is 10.6. The summed E-state index contributed by atoms with van der Waals surface area (Å²) < 4.78 is 1.08. The van der Waals surface area contributed by atoms with Gasteiger partial charge in [-0.15, -0.1) is 11.3 Å². The van der Waals surface area contributed by atoms with E-state index in [4.69, 9.17) is 5.11 Å². The van der Waals surface area contributed by atoms with Gasteiger partial charge in [0.2, 0.25) is 0 Å². The van der Waals surface area contributed by atoms with E-state index in [1.54, 1.807) is 6.20 Å². The Labute approximate surface area is 101 Å². The van der Waals surface area contributed by atoms with E-state index in [9.17, 15) is 0 Å². The Morgan fingerprint density at radius 1 is 1.47 bits per heavy atom. The van der Waals surface area contributed by atoms with Crippen molar-refractivity contribution in [2.24, 2.45) is 0 Å². The molecule has 0 aliphatic carbocycles. The monoisotopic (exact) mass is 283 g/mol. The fourth-order valence-corrected chi connectivity index (χ4v) is 2.57. The third-order valence-electron chi connectivity index (χ3n) is 2.21. The first kappa shape index (κ1) is 10.8. The van der Waals surface area contributed by atoms with Crippen LogP contribution in [0.15, 0.2) is 28.9 Å². The number of aliphatic hydroxyl groups excluding tert-OH is 1. The van der Waals surface area contributed by atoms with E-state index in [1.165, 1.54) is 16.9 Å². The van der Waals surface area contributed by atoms with Crippen molar-refractivity contribution in [3.63, 3.8) is 0 Å². The summed E-state index contributed by atoms with van der Waals surface area (Å²) in [6, 6.07) is 6.05. The van der Waals surface area contributed by atoms with Gasteiger partial charge in [0.15, 0.2) is 0 Å². The Hall–Kier alpha value is -0.710. The molecule has 2 aromatic rings. The summed E-state index contributed by atoms with van der Waals surface area (Å²) in [5.74, 6) is 0. The highest BCUT2D eigenvalue weighted by Gasteiger charge is 2.08. The lowest BCUT2D eigenvalue weighted by Gasteiger charge is -2.03. The second-order valence-corrected chi connectivity index (χ2v) is 5.17. The van der Waals surface area contributed by atoms with Gasteiger partial charge in [0, 0.05) is 16.2 Å². The maximum absolute atomic E-state index is 8.98. The predicted molar refractivity (Wildman–Crippen MR) is 65.9 cm³/mol. The van der Waals surface area contributed by atoms with Crippen LogP contribution >= 0.6 is 27.3 Å². The lowest BCUT2D eigenvalue weighted by atomic mass is 10.1. The summed E-state index contributed by atoms with van der Waals surface area (Å²) >= 11 is 5.02. The standard InChI is InChI=1S/C11H10BrNOS/c1-7-9(3-2-4-10(7)12)11-13-5-8(6-14)15-11/h2-5,14H,6H2,1H3. The molecular formula is C11H10BrNOS. The van der Waals surface area contributed by atoms with Crippen molar-refractivity contribution in [1.82, 2.24) is 4.98 Å². The molecule has 0 fully saturated rings. The minimum Gasteiger partial charge on any atom is -0.391 e. The summed E-state index contributed by atoms with van der Waals surface area (Å²) in [7, 11) is 0. The summed E-state index contributed by atoms with van der Waals surface area (Å²) in [5.41, 5.74) is 2.30. The van der Waals surface area contributed by atoms with E-state index >= 15 is 0 Å². The van der Waals surface area contributed by atoms with Crippen molar-refractivity contribution in [2.75, 3.05) is 0 Å². The van der Waals surface area contributed by atoms with Crippen LogP contribution in [0.5, 0.6) is 0 Å². The Balaban J connectivity index is 2.49. The van der Waals surface area contributed by atoms with Gasteiger partial charge in [0.1, 0.15) is 5.01 Å². The number of halogens is 1. The van der Waals surface area contributed by atoms with Crippen LogP contribution < -0.4 is 0 Å². The third kappa shape index (κ3) is 2.12. The second kappa shape index (κ2) is 4.43. The normalized spacial score (nSPS) is 10.6. The summed E-state index contributed by atoms with van der Waals surface area (Å²) in [6.07, 6.45) is 1.72. The van der Waals surface area contributed by atoms with Crippen molar-refractivity contribution in [3.05, 3.63) is 39.3 Å². The average Bonchev–Trinajstić information content (AvgIpc) is 2.70. The topological polar surface area (TPSA) is 33.1 Å². The number of aliphatic hydroxyl groups is 1. The second-order valence-electron chi connectivity index (χ2n) is 3.20. The molecule has 0 saturated carbocycles. The molecule has 0 atom stereocenters. The number of rotatable bonds is 2. The van der Waals surface area contributed by atoms with Crippen molar-refractivity contribution >= 4 is 27.3 Å². The first-order chi connectivity index (χ1) is 7.22. The van der Waals surface area contributed by atoms with Crippen molar-refractivity contribution in [3.8, 4) is 10.6 Å². The Bertz CT molecular complexity index is 481. The lowest BCUT2D eigenvalue weighted by molar-refractivity contribution is 0.285. The van der Waals surface area contributed by atoms with Crippen LogP contribution in [0, 0.1) is 6.92 Å². The van der Waals surface area contributed by atoms with Crippen LogP contribution in [0.4, 0.5) is 0 Å². The SMILES string of the molecule is Cc1c(Br)cccc1-c1ncc(CO)s1. The molecule has 0 aliphatic heterocycles. The van der Waals surface area contributed by atoms with Gasteiger partial charge in [-0.1, -0.05) is 28.1 Å². The molecule has 0 amide bonds. The fraction of sp³-hybridized carbons (Fsp3) is 0.182. The molecule has 1 heterocycles. The van der Waals surface area contributed by atoms with Gasteiger partial charge in [-0.2, -0.15) is 0 Å². The van der Waals surface area contributed by atoms with E-state index in [0.717, 1.165) is 19.9 Å². The summed E-state index contributed by atoms with van der Waals surface area (Å²) in [6.45, 7) is 2.12. The van der Waals surface area contributed by atoms with Crippen molar-refractivity contribution in [2.45, 2.75) is 13.5 Å². The first-order valence-electron chi connectivity index (χ1n) is 4.53. The molecule has 0 aliphatic rings. The number of hydrogen-bond donors (Lipinski definition) is 1. The van der Waals surface area contributed by atoms with Gasteiger partial charge >= 0.3 is 0 Å². The zero-order valence-electron chi connectivity index (χ0n) is 8.20. The number of aromatic nitrogens is 1. The van der Waals surface area contributed by atoms with Gasteiger partial charge in [-0.25, -0.2) is 4.98 Å². The van der Waals surface area contributed by atoms with Crippen molar-refractivity contribution in [1.29, 1.82) is 0 Å². The molecule has 4 heteroatoms. The van der Waals surface area contributed by atoms with Crippen LogP contribution in [-0.2, 0) is 6.61 Å². The van der Waals surface area contributed by atoms with Gasteiger partial charge in [-0.3, -0.25) is 0 Å². The van der Waals surface area contributed by atoms with Crippen LogP contribution in [-0.4, -0.2) is 10.1 Å². The summed E-state index contributed by atoms with van der Waals surface area (Å²) in [4.78, 5) is 5.19. The molecule has 1 N–H and O–H groups in total. The molecule has 1 aromatic heterocycles. The highest BCUT2D eigenvalue weighted by Crippen LogP contribution is 2.31. The van der Waals surface area contributed by atoms with Gasteiger partial charge in [0.25, 0.3) is 0 Å². The number of nitrogens with zero attached hydrogens (tertiary/aromatic N) is 1. The minimum atomic E-state index is 0.0602. The maximum atomic E-state index is 8.98. The Morgan fingerprint density at radius 3 is 2.93 bits per heavy atom. The summed E-state index contributed by atoms with van der Waals surface area (Å²) in [5, 5.41) is 9.94. The molecule has 0 bridgehead atoms. The van der Waals surface area contributed by atoms with Gasteiger partial charge in [-0.05, 0) is 18.6 Å². The number of hydrogen-bond acceptors (Lipinski definition) is 3. The van der Waals surface area contributed by atoms with E-state index < -0.39 is 0 Å². The molecule has 0 radical (unpaired) electrons. The van der Waals surface area contributed by atoms with Crippen LogP contribution in [0.3, 0.4) is 0 Å². The molecule has 0 saturated heterocycles. The van der Waals surface area contributed by atoms with E-state index in [0.29, 0.717) is 0 Å². The molecule has 0 unspecified atom stereocenters. The largest absolute Gasteiger partial charge is 0.391 e. The highest BCUT2D eigenvalue weighted by molar-refractivity contribution is 9.10. The minimum absolute atomic E-state index is 0.0602. The molecule has 0 spiro atoms. The molecule has 2 nitrogen and oxygen atoms in total. The average molecular weight is 284 g/mol. The first-order valence-corrected chi connectivity index (χ1v) is 6.14. The molecule has 2 rings (SSSR count). The Morgan fingerprint density at radius 2 is 2.27 bits per heavy atom. The van der Waals surface area contributed by atoms with Crippen LogP contribution in [0.1, 0.15) is 10.4 Å². The van der Waals surface area contributed by atoms with Crippen LogP contribution in [0.2, 0.25) is 0 Å². The third-order valence-corrected chi connectivity index (χ3v) is 4.08. The Kier molecular flexibility index (Phi) is 3.19. The number of thiazole rings is 1.